The molecule has 1 N–H and O–H groups in total. The number of methoxy groups -OCH3 is 1. The molecule has 126 valence electrons. The van der Waals surface area contributed by atoms with Gasteiger partial charge in [-0.3, -0.25) is 9.78 Å². The van der Waals surface area contributed by atoms with Gasteiger partial charge in [0.1, 0.15) is 5.75 Å². The first-order chi connectivity index (χ1) is 11.6. The molecule has 0 radical (unpaired) electrons. The second-order valence-corrected chi connectivity index (χ2v) is 6.28. The highest BCUT2D eigenvalue weighted by Crippen LogP contribution is 2.25. The van der Waals surface area contributed by atoms with Crippen molar-refractivity contribution in [3.8, 4) is 5.75 Å². The largest absolute Gasteiger partial charge is 0.496 e. The number of aliphatic hydroxyl groups excluding tert-OH is 1. The van der Waals surface area contributed by atoms with E-state index in [0.717, 1.165) is 23.3 Å². The highest BCUT2D eigenvalue weighted by molar-refractivity contribution is 5.94. The number of ether oxygens (including phenoxy) is 1. The van der Waals surface area contributed by atoms with Crippen LogP contribution in [0.25, 0.3) is 0 Å². The number of benzene rings is 1. The Hall–Kier alpha value is -2.40. The van der Waals surface area contributed by atoms with Crippen LogP contribution in [0.3, 0.4) is 0 Å². The molecule has 3 rings (SSSR count). The van der Waals surface area contributed by atoms with Crippen LogP contribution >= 0.6 is 0 Å². The average Bonchev–Trinajstić information content (AvgIpc) is 2.96. The van der Waals surface area contributed by atoms with Crippen molar-refractivity contribution in [1.82, 2.24) is 9.88 Å². The molecule has 5 heteroatoms. The first-order valence-corrected chi connectivity index (χ1v) is 8.09. The van der Waals surface area contributed by atoms with Gasteiger partial charge in [-0.1, -0.05) is 0 Å². The fourth-order valence-corrected chi connectivity index (χ4v) is 3.24. The van der Waals surface area contributed by atoms with E-state index in [4.69, 9.17) is 4.74 Å². The number of β-amino-alcohol motifs (C(OH)–C–C–N with tert-alkyl or cyclic N) is 1. The summed E-state index contributed by atoms with van der Waals surface area (Å²) in [6, 6.07) is 9.32. The zero-order valence-corrected chi connectivity index (χ0v) is 14.0. The summed E-state index contributed by atoms with van der Waals surface area (Å²) in [5, 5.41) is 10.3. The Kier molecular flexibility index (Phi) is 4.81. The van der Waals surface area contributed by atoms with Gasteiger partial charge in [0.05, 0.1) is 13.2 Å². The number of aryl methyl sites for hydroxylation is 1. The molecule has 0 saturated carbocycles. The average molecular weight is 326 g/mol. The van der Waals surface area contributed by atoms with E-state index >= 15 is 0 Å². The van der Waals surface area contributed by atoms with Gasteiger partial charge in [-0.15, -0.1) is 0 Å². The van der Waals surface area contributed by atoms with Gasteiger partial charge < -0.3 is 14.7 Å². The minimum Gasteiger partial charge on any atom is -0.496 e. The lowest BCUT2D eigenvalue weighted by molar-refractivity contribution is 0.0764. The Morgan fingerprint density at radius 3 is 2.71 bits per heavy atom. The van der Waals surface area contributed by atoms with Crippen molar-refractivity contribution in [2.75, 3.05) is 20.2 Å². The number of rotatable bonds is 4. The number of nitrogens with zero attached hydrogens (tertiary/aromatic N) is 2. The molecule has 24 heavy (non-hydrogen) atoms. The lowest BCUT2D eigenvalue weighted by Crippen LogP contribution is -2.29. The first-order valence-electron chi connectivity index (χ1n) is 8.09. The van der Waals surface area contributed by atoms with E-state index < -0.39 is 6.10 Å². The minimum atomic E-state index is -0.499. The highest BCUT2D eigenvalue weighted by atomic mass is 16.5. The molecule has 1 amide bonds. The Labute approximate surface area is 141 Å². The van der Waals surface area contributed by atoms with Gasteiger partial charge in [-0.25, -0.2) is 0 Å². The SMILES string of the molecule is COc1ccc(C(=O)N2C[C@@H](Cc3ccncc3)[C@H](O)C2)cc1C. The molecule has 1 aromatic heterocycles. The van der Waals surface area contributed by atoms with Crippen molar-refractivity contribution in [3.05, 3.63) is 59.4 Å². The first kappa shape index (κ1) is 16.5. The van der Waals surface area contributed by atoms with Crippen LogP contribution in [0.2, 0.25) is 0 Å². The number of hydrogen-bond donors (Lipinski definition) is 1. The van der Waals surface area contributed by atoms with Crippen LogP contribution in [0.15, 0.2) is 42.7 Å². The maximum atomic E-state index is 12.7. The Balaban J connectivity index is 1.69. The van der Waals surface area contributed by atoms with Crippen LogP contribution in [0.1, 0.15) is 21.5 Å². The summed E-state index contributed by atoms with van der Waals surface area (Å²) in [4.78, 5) is 18.4. The van der Waals surface area contributed by atoms with Crippen molar-refractivity contribution in [2.45, 2.75) is 19.4 Å². The lowest BCUT2D eigenvalue weighted by atomic mass is 9.97. The predicted octanol–water partition coefficient (Wildman–Crippen LogP) is 2.07. The van der Waals surface area contributed by atoms with E-state index in [2.05, 4.69) is 4.98 Å². The molecular formula is C19H22N2O3. The summed E-state index contributed by atoms with van der Waals surface area (Å²) < 4.78 is 5.24. The zero-order valence-electron chi connectivity index (χ0n) is 14.0. The van der Waals surface area contributed by atoms with E-state index in [1.807, 2.05) is 31.2 Å². The van der Waals surface area contributed by atoms with E-state index in [1.165, 1.54) is 0 Å². The number of pyridine rings is 1. The molecule has 2 aromatic rings. The standard InChI is InChI=1S/C19H22N2O3/c1-13-9-15(3-4-18(13)24-2)19(23)21-11-16(17(22)12-21)10-14-5-7-20-8-6-14/h3-9,16-17,22H,10-12H2,1-2H3/t16-,17-/m1/s1. The predicted molar refractivity (Wildman–Crippen MR) is 91.1 cm³/mol. The number of amides is 1. The summed E-state index contributed by atoms with van der Waals surface area (Å²) >= 11 is 0. The lowest BCUT2D eigenvalue weighted by Gasteiger charge is -2.17. The number of carbonyl (C=O) groups is 1. The van der Waals surface area contributed by atoms with Crippen LogP contribution in [0.4, 0.5) is 0 Å². The van der Waals surface area contributed by atoms with Crippen molar-refractivity contribution in [2.24, 2.45) is 5.92 Å². The topological polar surface area (TPSA) is 62.7 Å². The summed E-state index contributed by atoms with van der Waals surface area (Å²) in [7, 11) is 1.62. The molecule has 2 atom stereocenters. The molecule has 0 spiro atoms. The fourth-order valence-electron chi connectivity index (χ4n) is 3.24. The summed E-state index contributed by atoms with van der Waals surface area (Å²) in [6.45, 7) is 2.85. The Bertz CT molecular complexity index is 718. The van der Waals surface area contributed by atoms with Crippen LogP contribution in [0.5, 0.6) is 5.75 Å². The van der Waals surface area contributed by atoms with Gasteiger partial charge in [0, 0.05) is 37.0 Å². The molecule has 0 unspecified atom stereocenters. The molecule has 2 heterocycles. The molecule has 1 saturated heterocycles. The molecule has 0 bridgehead atoms. The van der Waals surface area contributed by atoms with Gasteiger partial charge >= 0.3 is 0 Å². The molecule has 5 nitrogen and oxygen atoms in total. The molecule has 1 aliphatic heterocycles. The molecule has 1 fully saturated rings. The van der Waals surface area contributed by atoms with E-state index in [-0.39, 0.29) is 11.8 Å². The Morgan fingerprint density at radius 1 is 1.29 bits per heavy atom. The molecule has 0 aliphatic carbocycles. The monoisotopic (exact) mass is 326 g/mol. The maximum absolute atomic E-state index is 12.7. The Morgan fingerprint density at radius 2 is 2.04 bits per heavy atom. The second kappa shape index (κ2) is 7.01. The van der Waals surface area contributed by atoms with Gasteiger partial charge in [0.25, 0.3) is 5.91 Å². The van der Waals surface area contributed by atoms with E-state index in [9.17, 15) is 9.90 Å². The van der Waals surface area contributed by atoms with E-state index in [0.29, 0.717) is 18.7 Å². The number of likely N-dealkylation sites (tertiary alicyclic amines) is 1. The zero-order chi connectivity index (χ0) is 17.1. The number of carbonyl (C=O) groups excluding carboxylic acids is 1. The minimum absolute atomic E-state index is 0.0444. The third-order valence-electron chi connectivity index (χ3n) is 4.58. The molecular weight excluding hydrogens is 304 g/mol. The number of aromatic nitrogens is 1. The van der Waals surface area contributed by atoms with Crippen molar-refractivity contribution >= 4 is 5.91 Å². The van der Waals surface area contributed by atoms with E-state index in [1.54, 1.807) is 30.5 Å². The third kappa shape index (κ3) is 3.41. The number of hydrogen-bond acceptors (Lipinski definition) is 4. The van der Waals surface area contributed by atoms with Crippen molar-refractivity contribution < 1.29 is 14.6 Å². The molecule has 1 aliphatic rings. The quantitative estimate of drug-likeness (QED) is 0.934. The van der Waals surface area contributed by atoms with Crippen molar-refractivity contribution in [3.63, 3.8) is 0 Å². The smallest absolute Gasteiger partial charge is 0.253 e. The van der Waals surface area contributed by atoms with Crippen molar-refractivity contribution in [1.29, 1.82) is 0 Å². The molecule has 1 aromatic carbocycles. The summed E-state index contributed by atoms with van der Waals surface area (Å²) in [5.41, 5.74) is 2.69. The van der Waals surface area contributed by atoms with Gasteiger partial charge in [0.2, 0.25) is 0 Å². The normalized spacial score (nSPS) is 20.2. The van der Waals surface area contributed by atoms with Gasteiger partial charge in [0.15, 0.2) is 0 Å². The highest BCUT2D eigenvalue weighted by Gasteiger charge is 2.34. The van der Waals surface area contributed by atoms with Crippen LogP contribution in [0, 0.1) is 12.8 Å². The second-order valence-electron chi connectivity index (χ2n) is 6.28. The number of aliphatic hydroxyl groups is 1. The third-order valence-corrected chi connectivity index (χ3v) is 4.58. The van der Waals surface area contributed by atoms with Crippen LogP contribution < -0.4 is 4.74 Å². The van der Waals surface area contributed by atoms with Crippen LogP contribution in [-0.4, -0.2) is 47.2 Å². The maximum Gasteiger partial charge on any atom is 0.253 e. The summed E-state index contributed by atoms with van der Waals surface area (Å²) in [6.07, 6.45) is 3.75. The van der Waals surface area contributed by atoms with Gasteiger partial charge in [-0.2, -0.15) is 0 Å². The summed E-state index contributed by atoms with van der Waals surface area (Å²) in [5.74, 6) is 0.774. The van der Waals surface area contributed by atoms with Gasteiger partial charge in [-0.05, 0) is 54.8 Å². The van der Waals surface area contributed by atoms with Crippen LogP contribution in [-0.2, 0) is 6.42 Å². The fraction of sp³-hybridized carbons (Fsp3) is 0.368.